The first kappa shape index (κ1) is 19.9. The van der Waals surface area contributed by atoms with Gasteiger partial charge < -0.3 is 14.4 Å². The van der Waals surface area contributed by atoms with Crippen molar-refractivity contribution in [3.63, 3.8) is 0 Å². The summed E-state index contributed by atoms with van der Waals surface area (Å²) in [6, 6.07) is 6.64. The molecule has 0 aromatic heterocycles. The Morgan fingerprint density at radius 2 is 2.00 bits per heavy atom. The molecule has 1 amide bonds. The first-order chi connectivity index (χ1) is 14.5. The van der Waals surface area contributed by atoms with Crippen LogP contribution in [-0.2, 0) is 19.7 Å². The molecule has 1 saturated carbocycles. The van der Waals surface area contributed by atoms with Crippen molar-refractivity contribution in [1.82, 2.24) is 4.90 Å². The maximum Gasteiger partial charge on any atom is 0.306 e. The van der Waals surface area contributed by atoms with E-state index in [0.29, 0.717) is 12.8 Å². The molecule has 30 heavy (non-hydrogen) atoms. The van der Waals surface area contributed by atoms with E-state index in [2.05, 4.69) is 21.9 Å². The first-order valence-electron chi connectivity index (χ1n) is 11.3. The number of piperidine rings is 1. The number of amides is 1. The molecule has 0 unspecified atom stereocenters. The molecule has 3 aliphatic heterocycles. The lowest BCUT2D eigenvalue weighted by Crippen LogP contribution is -2.65. The van der Waals surface area contributed by atoms with Gasteiger partial charge in [-0.1, -0.05) is 19.1 Å². The SMILES string of the molecule is CCC(=O)N1c2c(OC)cccc2[C@]23CCN4CCC[C@@](CC(=O)OC)(CC[C@@H]12)[C@@H]43. The summed E-state index contributed by atoms with van der Waals surface area (Å²) < 4.78 is 10.9. The van der Waals surface area contributed by atoms with Crippen LogP contribution in [0.5, 0.6) is 5.75 Å². The Morgan fingerprint density at radius 1 is 1.17 bits per heavy atom. The van der Waals surface area contributed by atoms with Crippen molar-refractivity contribution in [3.8, 4) is 5.75 Å². The van der Waals surface area contributed by atoms with Crippen LogP contribution in [0.3, 0.4) is 0 Å². The molecule has 1 aromatic rings. The summed E-state index contributed by atoms with van der Waals surface area (Å²) in [5.41, 5.74) is 2.00. The lowest BCUT2D eigenvalue weighted by Gasteiger charge is -2.58. The molecule has 4 atom stereocenters. The Hall–Kier alpha value is -2.08. The van der Waals surface area contributed by atoms with Crippen LogP contribution in [0.2, 0.25) is 0 Å². The van der Waals surface area contributed by atoms with Crippen LogP contribution < -0.4 is 9.64 Å². The summed E-state index contributed by atoms with van der Waals surface area (Å²) in [6.07, 6.45) is 6.03. The molecule has 3 heterocycles. The molecular formula is C24H32N2O4. The number of anilines is 1. The van der Waals surface area contributed by atoms with Crippen LogP contribution in [0, 0.1) is 5.41 Å². The van der Waals surface area contributed by atoms with Crippen molar-refractivity contribution in [2.75, 3.05) is 32.2 Å². The van der Waals surface area contributed by atoms with Crippen molar-refractivity contribution < 1.29 is 19.1 Å². The van der Waals surface area contributed by atoms with Gasteiger partial charge in [0.05, 0.1) is 26.3 Å². The van der Waals surface area contributed by atoms with E-state index in [0.717, 1.165) is 56.6 Å². The molecule has 1 aromatic carbocycles. The van der Waals surface area contributed by atoms with Gasteiger partial charge in [0.15, 0.2) is 0 Å². The van der Waals surface area contributed by atoms with Gasteiger partial charge in [-0.2, -0.15) is 0 Å². The second-order valence-corrected chi connectivity index (χ2v) is 9.48. The van der Waals surface area contributed by atoms with Gasteiger partial charge in [0, 0.05) is 23.9 Å². The van der Waals surface area contributed by atoms with Gasteiger partial charge in [0.2, 0.25) is 5.91 Å². The number of para-hydroxylation sites is 1. The van der Waals surface area contributed by atoms with Crippen molar-refractivity contribution in [2.45, 2.75) is 69.4 Å². The minimum absolute atomic E-state index is 0.0794. The quantitative estimate of drug-likeness (QED) is 0.711. The number of benzene rings is 1. The summed E-state index contributed by atoms with van der Waals surface area (Å²) in [6.45, 7) is 4.03. The van der Waals surface area contributed by atoms with E-state index in [1.807, 2.05) is 13.0 Å². The summed E-state index contributed by atoms with van der Waals surface area (Å²) in [5, 5.41) is 0. The van der Waals surface area contributed by atoms with Crippen molar-refractivity contribution >= 4 is 17.6 Å². The summed E-state index contributed by atoms with van der Waals surface area (Å²) in [7, 11) is 3.18. The Labute approximate surface area is 178 Å². The van der Waals surface area contributed by atoms with Gasteiger partial charge in [-0.15, -0.1) is 0 Å². The highest BCUT2D eigenvalue weighted by Crippen LogP contribution is 2.66. The van der Waals surface area contributed by atoms with Gasteiger partial charge in [0.1, 0.15) is 5.75 Å². The second kappa shape index (κ2) is 6.98. The lowest BCUT2D eigenvalue weighted by molar-refractivity contribution is -0.148. The van der Waals surface area contributed by atoms with E-state index in [9.17, 15) is 9.59 Å². The van der Waals surface area contributed by atoms with Gasteiger partial charge in [-0.05, 0) is 62.2 Å². The number of nitrogens with zero attached hydrogens (tertiary/aromatic N) is 2. The van der Waals surface area contributed by atoms with Crippen LogP contribution in [0.25, 0.3) is 0 Å². The number of esters is 1. The van der Waals surface area contributed by atoms with Gasteiger partial charge >= 0.3 is 5.97 Å². The third-order valence-corrected chi connectivity index (χ3v) is 8.44. The van der Waals surface area contributed by atoms with Gasteiger partial charge in [0.25, 0.3) is 0 Å². The molecule has 0 bridgehead atoms. The molecule has 5 rings (SSSR count). The van der Waals surface area contributed by atoms with E-state index in [1.165, 1.54) is 12.7 Å². The van der Waals surface area contributed by atoms with Crippen LogP contribution in [-0.4, -0.2) is 56.2 Å². The number of hydrogen-bond acceptors (Lipinski definition) is 5. The third-order valence-electron chi connectivity index (χ3n) is 8.44. The van der Waals surface area contributed by atoms with Gasteiger partial charge in [-0.25, -0.2) is 0 Å². The average Bonchev–Trinajstić information content (AvgIpc) is 3.31. The first-order valence-corrected chi connectivity index (χ1v) is 11.3. The highest BCUT2D eigenvalue weighted by Gasteiger charge is 2.69. The van der Waals surface area contributed by atoms with Crippen LogP contribution >= 0.6 is 0 Å². The number of rotatable bonds is 4. The van der Waals surface area contributed by atoms with Gasteiger partial charge in [-0.3, -0.25) is 14.5 Å². The van der Waals surface area contributed by atoms with Crippen molar-refractivity contribution in [3.05, 3.63) is 23.8 Å². The number of methoxy groups -OCH3 is 2. The summed E-state index contributed by atoms with van der Waals surface area (Å²) >= 11 is 0. The molecule has 4 aliphatic rings. The molecule has 2 saturated heterocycles. The molecule has 162 valence electrons. The monoisotopic (exact) mass is 412 g/mol. The molecule has 3 fully saturated rings. The normalized spacial score (nSPS) is 34.2. The molecule has 1 aliphatic carbocycles. The third kappa shape index (κ3) is 2.40. The zero-order chi connectivity index (χ0) is 21.1. The van der Waals surface area contributed by atoms with Crippen molar-refractivity contribution in [2.24, 2.45) is 5.41 Å². The maximum atomic E-state index is 13.2. The molecular weight excluding hydrogens is 380 g/mol. The molecule has 1 spiro atoms. The Morgan fingerprint density at radius 3 is 2.73 bits per heavy atom. The largest absolute Gasteiger partial charge is 0.495 e. The Balaban J connectivity index is 1.71. The number of carbonyl (C=O) groups is 2. The molecule has 0 N–H and O–H groups in total. The molecule has 6 heteroatoms. The van der Waals surface area contributed by atoms with E-state index in [-0.39, 0.29) is 34.8 Å². The zero-order valence-corrected chi connectivity index (χ0v) is 18.3. The fourth-order valence-corrected chi connectivity index (χ4v) is 7.55. The van der Waals surface area contributed by atoms with Crippen LogP contribution in [0.15, 0.2) is 18.2 Å². The minimum atomic E-state index is -0.138. The predicted molar refractivity (Wildman–Crippen MR) is 114 cm³/mol. The maximum absolute atomic E-state index is 13.2. The van der Waals surface area contributed by atoms with Crippen molar-refractivity contribution in [1.29, 1.82) is 0 Å². The topological polar surface area (TPSA) is 59.1 Å². The number of fused-ring (bicyclic) bond motifs is 1. The van der Waals surface area contributed by atoms with Crippen LogP contribution in [0.4, 0.5) is 5.69 Å². The van der Waals surface area contributed by atoms with E-state index in [4.69, 9.17) is 9.47 Å². The number of carbonyl (C=O) groups excluding carboxylic acids is 2. The van der Waals surface area contributed by atoms with E-state index in [1.54, 1.807) is 7.11 Å². The highest BCUT2D eigenvalue weighted by atomic mass is 16.5. The van der Waals surface area contributed by atoms with E-state index < -0.39 is 0 Å². The van der Waals surface area contributed by atoms with E-state index >= 15 is 0 Å². The highest BCUT2D eigenvalue weighted by molar-refractivity contribution is 5.99. The van der Waals surface area contributed by atoms with Crippen LogP contribution in [0.1, 0.15) is 57.4 Å². The standard InChI is InChI=1S/C24H32N2O4/c1-4-19(27)26-18-9-11-23(15-20(28)30-3)10-6-13-25-14-12-24(18,22(23)25)16-7-5-8-17(29-2)21(16)26/h5,7-8,18,22H,4,6,9-15H2,1-3H3/t18-,22-,23+,24-/m1/s1. The second-order valence-electron chi connectivity index (χ2n) is 9.48. The molecule has 6 nitrogen and oxygen atoms in total. The lowest BCUT2D eigenvalue weighted by atomic mass is 9.52. The number of hydrogen-bond donors (Lipinski definition) is 0. The molecule has 0 radical (unpaired) electrons. The fraction of sp³-hybridized carbons (Fsp3) is 0.667. The smallest absolute Gasteiger partial charge is 0.306 e. The Bertz CT molecular complexity index is 886. The fourth-order valence-electron chi connectivity index (χ4n) is 7.55. The summed E-state index contributed by atoms with van der Waals surface area (Å²) in [4.78, 5) is 30.4. The Kier molecular flexibility index (Phi) is 4.62. The minimum Gasteiger partial charge on any atom is -0.495 e. The summed E-state index contributed by atoms with van der Waals surface area (Å²) in [5.74, 6) is 0.839. The average molecular weight is 413 g/mol. The zero-order valence-electron chi connectivity index (χ0n) is 18.3. The number of ether oxygens (including phenoxy) is 2. The predicted octanol–water partition coefficient (Wildman–Crippen LogP) is 3.27.